The van der Waals surface area contributed by atoms with Crippen LogP contribution in [0.25, 0.3) is 6.08 Å². The molecule has 7 nitrogen and oxygen atoms in total. The number of rotatable bonds is 6. The van der Waals surface area contributed by atoms with Crippen LogP contribution in [0.5, 0.6) is 0 Å². The van der Waals surface area contributed by atoms with Crippen molar-refractivity contribution in [1.29, 1.82) is 0 Å². The van der Waals surface area contributed by atoms with Crippen LogP contribution in [-0.2, 0) is 24.2 Å². The number of nitrogens with zero attached hydrogens (tertiary/aromatic N) is 1. The number of carbonyl (C=O) groups excluding carboxylic acids is 2. The Morgan fingerprint density at radius 3 is 2.71 bits per heavy atom. The average molecular weight is 355 g/mol. The standard InChI is InChI=1S/C16H21NO6S/c1-3-17(13-8-9-24(20,21)11-13)15(18)10-22-16(19)7-6-14-5-4-12(2)23-14/h4-7,13H,3,8-11H2,1-2H3/b7-6+/t13-/m1/s1. The molecule has 1 aromatic rings. The topological polar surface area (TPSA) is 93.9 Å². The lowest BCUT2D eigenvalue weighted by Gasteiger charge is -2.26. The highest BCUT2D eigenvalue weighted by molar-refractivity contribution is 7.91. The van der Waals surface area contributed by atoms with Crippen LogP contribution >= 0.6 is 0 Å². The zero-order valence-corrected chi connectivity index (χ0v) is 14.5. The molecule has 0 spiro atoms. The summed E-state index contributed by atoms with van der Waals surface area (Å²) in [5.41, 5.74) is 0. The van der Waals surface area contributed by atoms with Crippen molar-refractivity contribution in [2.45, 2.75) is 26.3 Å². The molecule has 0 aromatic carbocycles. The van der Waals surface area contributed by atoms with E-state index in [9.17, 15) is 18.0 Å². The SMILES string of the molecule is CCN(C(=O)COC(=O)/C=C/c1ccc(C)o1)[C@@H]1CCS(=O)(=O)C1. The molecule has 0 saturated carbocycles. The van der Waals surface area contributed by atoms with Crippen molar-refractivity contribution in [2.75, 3.05) is 24.7 Å². The Morgan fingerprint density at radius 1 is 1.42 bits per heavy atom. The number of ether oxygens (including phenoxy) is 1. The Balaban J connectivity index is 1.84. The third-order valence-electron chi connectivity index (χ3n) is 3.79. The van der Waals surface area contributed by atoms with E-state index in [-0.39, 0.29) is 17.5 Å². The van der Waals surface area contributed by atoms with Crippen molar-refractivity contribution in [2.24, 2.45) is 0 Å². The summed E-state index contributed by atoms with van der Waals surface area (Å²) in [6.07, 6.45) is 3.07. The van der Waals surface area contributed by atoms with E-state index in [1.807, 2.05) is 0 Å². The minimum Gasteiger partial charge on any atom is -0.462 e. The fourth-order valence-corrected chi connectivity index (χ4v) is 4.35. The van der Waals surface area contributed by atoms with Crippen molar-refractivity contribution in [3.8, 4) is 0 Å². The third kappa shape index (κ3) is 4.95. The zero-order chi connectivity index (χ0) is 17.7. The van der Waals surface area contributed by atoms with Crippen molar-refractivity contribution < 1.29 is 27.2 Å². The molecule has 0 bridgehead atoms. The number of hydrogen-bond donors (Lipinski definition) is 0. The smallest absolute Gasteiger partial charge is 0.331 e. The Bertz CT molecular complexity index is 734. The van der Waals surface area contributed by atoms with Crippen molar-refractivity contribution in [3.05, 3.63) is 29.7 Å². The van der Waals surface area contributed by atoms with Gasteiger partial charge in [-0.15, -0.1) is 0 Å². The van der Waals surface area contributed by atoms with Gasteiger partial charge in [-0.25, -0.2) is 13.2 Å². The summed E-state index contributed by atoms with van der Waals surface area (Å²) in [4.78, 5) is 25.3. The minimum atomic E-state index is -3.08. The Hall–Kier alpha value is -2.09. The van der Waals surface area contributed by atoms with Crippen molar-refractivity contribution >= 4 is 27.8 Å². The maximum atomic E-state index is 12.2. The maximum absolute atomic E-state index is 12.2. The van der Waals surface area contributed by atoms with Crippen LogP contribution in [0.15, 0.2) is 22.6 Å². The maximum Gasteiger partial charge on any atom is 0.331 e. The van der Waals surface area contributed by atoms with Crippen LogP contribution in [0.3, 0.4) is 0 Å². The molecule has 1 fully saturated rings. The first kappa shape index (κ1) is 18.3. The molecule has 1 saturated heterocycles. The highest BCUT2D eigenvalue weighted by atomic mass is 32.2. The molecule has 1 atom stereocenters. The van der Waals surface area contributed by atoms with Gasteiger partial charge in [0.1, 0.15) is 11.5 Å². The minimum absolute atomic E-state index is 0.0295. The molecule has 132 valence electrons. The van der Waals surface area contributed by atoms with Crippen LogP contribution in [-0.4, -0.2) is 55.9 Å². The monoisotopic (exact) mass is 355 g/mol. The summed E-state index contributed by atoms with van der Waals surface area (Å²) in [6, 6.07) is 3.14. The number of esters is 1. The average Bonchev–Trinajstić information content (AvgIpc) is 3.09. The van der Waals surface area contributed by atoms with E-state index in [4.69, 9.17) is 9.15 Å². The first-order valence-corrected chi connectivity index (χ1v) is 9.54. The second kappa shape index (κ2) is 7.65. The number of hydrogen-bond acceptors (Lipinski definition) is 6. The molecule has 0 aliphatic carbocycles. The predicted octanol–water partition coefficient (Wildman–Crippen LogP) is 1.18. The molecule has 0 N–H and O–H groups in total. The molecule has 0 unspecified atom stereocenters. The number of aryl methyl sites for hydroxylation is 1. The second-order valence-corrected chi connectivity index (χ2v) is 7.85. The number of sulfone groups is 1. The highest BCUT2D eigenvalue weighted by Gasteiger charge is 2.34. The third-order valence-corrected chi connectivity index (χ3v) is 5.54. The molecule has 0 radical (unpaired) electrons. The highest BCUT2D eigenvalue weighted by Crippen LogP contribution is 2.17. The van der Waals surface area contributed by atoms with E-state index >= 15 is 0 Å². The van der Waals surface area contributed by atoms with E-state index in [0.29, 0.717) is 18.7 Å². The lowest BCUT2D eigenvalue weighted by atomic mass is 10.2. The van der Waals surface area contributed by atoms with E-state index in [0.717, 1.165) is 5.76 Å². The Labute approximate surface area is 141 Å². The first-order valence-electron chi connectivity index (χ1n) is 7.72. The number of amides is 1. The van der Waals surface area contributed by atoms with Gasteiger partial charge >= 0.3 is 5.97 Å². The lowest BCUT2D eigenvalue weighted by Crippen LogP contribution is -2.43. The van der Waals surface area contributed by atoms with Crippen LogP contribution in [0.4, 0.5) is 0 Å². The van der Waals surface area contributed by atoms with Crippen LogP contribution < -0.4 is 0 Å². The van der Waals surface area contributed by atoms with E-state index in [1.165, 1.54) is 17.1 Å². The van der Waals surface area contributed by atoms with Crippen LogP contribution in [0.1, 0.15) is 24.9 Å². The fourth-order valence-electron chi connectivity index (χ4n) is 2.62. The molecule has 1 amide bonds. The Kier molecular flexibility index (Phi) is 5.82. The Morgan fingerprint density at radius 2 is 2.17 bits per heavy atom. The van der Waals surface area contributed by atoms with Gasteiger partial charge in [-0.05, 0) is 38.5 Å². The molecular formula is C16H21NO6S. The molecule has 1 aliphatic rings. The van der Waals surface area contributed by atoms with Gasteiger partial charge in [0.05, 0.1) is 11.5 Å². The number of furan rings is 1. The van der Waals surface area contributed by atoms with Crippen molar-refractivity contribution in [3.63, 3.8) is 0 Å². The molecular weight excluding hydrogens is 334 g/mol. The van der Waals surface area contributed by atoms with E-state index < -0.39 is 28.3 Å². The quantitative estimate of drug-likeness (QED) is 0.562. The van der Waals surface area contributed by atoms with Gasteiger partial charge in [0.15, 0.2) is 16.4 Å². The summed E-state index contributed by atoms with van der Waals surface area (Å²) in [5, 5.41) is 0. The van der Waals surface area contributed by atoms with Gasteiger partial charge in [0.25, 0.3) is 5.91 Å². The molecule has 8 heteroatoms. The molecule has 2 rings (SSSR count). The molecule has 1 aromatic heterocycles. The summed E-state index contributed by atoms with van der Waals surface area (Å²) in [7, 11) is -3.08. The normalized spacial score (nSPS) is 19.5. The van der Waals surface area contributed by atoms with E-state index in [2.05, 4.69) is 0 Å². The van der Waals surface area contributed by atoms with Gasteiger partial charge in [-0.3, -0.25) is 4.79 Å². The largest absolute Gasteiger partial charge is 0.462 e. The summed E-state index contributed by atoms with van der Waals surface area (Å²) >= 11 is 0. The molecule has 2 heterocycles. The molecule has 1 aliphatic heterocycles. The zero-order valence-electron chi connectivity index (χ0n) is 13.7. The second-order valence-electron chi connectivity index (χ2n) is 5.63. The van der Waals surface area contributed by atoms with Crippen molar-refractivity contribution in [1.82, 2.24) is 4.90 Å². The van der Waals surface area contributed by atoms with Gasteiger partial charge in [-0.1, -0.05) is 0 Å². The number of likely N-dealkylation sites (N-methyl/N-ethyl adjacent to an activating group) is 1. The predicted molar refractivity (Wildman–Crippen MR) is 87.9 cm³/mol. The first-order chi connectivity index (χ1) is 11.3. The lowest BCUT2D eigenvalue weighted by molar-refractivity contribution is -0.149. The van der Waals surface area contributed by atoms with E-state index in [1.54, 1.807) is 26.0 Å². The summed E-state index contributed by atoms with van der Waals surface area (Å²) in [6.45, 7) is 3.52. The van der Waals surface area contributed by atoms with Gasteiger partial charge < -0.3 is 14.1 Å². The van der Waals surface area contributed by atoms with Crippen LogP contribution in [0.2, 0.25) is 0 Å². The summed E-state index contributed by atoms with van der Waals surface area (Å²) < 4.78 is 33.3. The fraction of sp³-hybridized carbons (Fsp3) is 0.500. The van der Waals surface area contributed by atoms with Crippen LogP contribution in [0, 0.1) is 6.92 Å². The van der Waals surface area contributed by atoms with Gasteiger partial charge in [0.2, 0.25) is 0 Å². The number of carbonyl (C=O) groups is 2. The van der Waals surface area contributed by atoms with Gasteiger partial charge in [0, 0.05) is 18.7 Å². The molecule has 24 heavy (non-hydrogen) atoms. The summed E-state index contributed by atoms with van der Waals surface area (Å²) in [5.74, 6) is 0.248. The van der Waals surface area contributed by atoms with Gasteiger partial charge in [-0.2, -0.15) is 0 Å².